The van der Waals surface area contributed by atoms with Gasteiger partial charge in [-0.25, -0.2) is 13.2 Å². The van der Waals surface area contributed by atoms with Crippen molar-refractivity contribution in [3.8, 4) is 0 Å². The molecule has 2 N–H and O–H groups in total. The van der Waals surface area contributed by atoms with E-state index in [1.165, 1.54) is 18.2 Å². The molecule has 0 unspecified atom stereocenters. The van der Waals surface area contributed by atoms with Crippen LogP contribution in [0.2, 0.25) is 0 Å². The molecule has 26 heavy (non-hydrogen) atoms. The molecule has 0 aliphatic rings. The van der Waals surface area contributed by atoms with Crippen LogP contribution in [0.5, 0.6) is 0 Å². The minimum absolute atomic E-state index is 0.0798. The Labute approximate surface area is 154 Å². The van der Waals surface area contributed by atoms with E-state index in [2.05, 4.69) is 11.6 Å². The number of hydrogen-bond donors (Lipinski definition) is 2. The van der Waals surface area contributed by atoms with Crippen LogP contribution in [0, 0.1) is 0 Å². The van der Waals surface area contributed by atoms with Gasteiger partial charge in [0.2, 0.25) is 0 Å². The smallest absolute Gasteiger partial charge is 0.337 e. The molecule has 0 radical (unpaired) electrons. The number of hydrogen-bond acceptors (Lipinski definition) is 4. The third-order valence-electron chi connectivity index (χ3n) is 4.04. The Hall–Kier alpha value is -2.54. The van der Waals surface area contributed by atoms with Gasteiger partial charge in [-0.1, -0.05) is 31.5 Å². The predicted octanol–water partition coefficient (Wildman–Crippen LogP) is 3.81. The van der Waals surface area contributed by atoms with E-state index < -0.39 is 16.0 Å². The lowest BCUT2D eigenvalue weighted by molar-refractivity contribution is 0.0697. The van der Waals surface area contributed by atoms with Gasteiger partial charge in [-0.3, -0.25) is 4.72 Å². The highest BCUT2D eigenvalue weighted by Crippen LogP contribution is 2.26. The Kier molecular flexibility index (Phi) is 6.63. The SMILES string of the molecule is CCCCN(CC)c1ccc(NS(=O)(=O)c2ccccc2)cc1C(=O)O. The van der Waals surface area contributed by atoms with E-state index in [9.17, 15) is 18.3 Å². The highest BCUT2D eigenvalue weighted by molar-refractivity contribution is 7.92. The normalized spacial score (nSPS) is 11.2. The van der Waals surface area contributed by atoms with Crippen molar-refractivity contribution in [3.05, 3.63) is 54.1 Å². The van der Waals surface area contributed by atoms with Crippen LogP contribution in [0.15, 0.2) is 53.4 Å². The quantitative estimate of drug-likeness (QED) is 0.695. The number of aromatic carboxylic acids is 1. The van der Waals surface area contributed by atoms with E-state index in [0.29, 0.717) is 12.2 Å². The van der Waals surface area contributed by atoms with Crippen LogP contribution >= 0.6 is 0 Å². The van der Waals surface area contributed by atoms with Crippen molar-refractivity contribution >= 4 is 27.4 Å². The maximum atomic E-state index is 12.4. The lowest BCUT2D eigenvalue weighted by Gasteiger charge is -2.25. The largest absolute Gasteiger partial charge is 0.478 e. The molecule has 2 aromatic rings. The second kappa shape index (κ2) is 8.71. The summed E-state index contributed by atoms with van der Waals surface area (Å²) in [6, 6.07) is 12.6. The molecule has 0 heterocycles. The van der Waals surface area contributed by atoms with Gasteiger partial charge in [0.1, 0.15) is 0 Å². The summed E-state index contributed by atoms with van der Waals surface area (Å²) in [4.78, 5) is 13.8. The Morgan fingerprint density at radius 3 is 2.38 bits per heavy atom. The lowest BCUT2D eigenvalue weighted by Crippen LogP contribution is -2.26. The van der Waals surface area contributed by atoms with Crippen LogP contribution in [0.25, 0.3) is 0 Å². The van der Waals surface area contributed by atoms with Crippen molar-refractivity contribution in [1.29, 1.82) is 0 Å². The van der Waals surface area contributed by atoms with Crippen molar-refractivity contribution in [2.75, 3.05) is 22.7 Å². The van der Waals surface area contributed by atoms with Gasteiger partial charge in [-0.15, -0.1) is 0 Å². The number of carboxylic acid groups (broad SMARTS) is 1. The molecule has 0 saturated heterocycles. The minimum Gasteiger partial charge on any atom is -0.478 e. The molecule has 0 aliphatic carbocycles. The van der Waals surface area contributed by atoms with E-state index >= 15 is 0 Å². The van der Waals surface area contributed by atoms with E-state index in [1.807, 2.05) is 11.8 Å². The summed E-state index contributed by atoms with van der Waals surface area (Å²) in [7, 11) is -3.77. The standard InChI is InChI=1S/C19H24N2O4S/c1-3-5-13-21(4-2)18-12-11-15(14-17(18)19(22)23)20-26(24,25)16-9-7-6-8-10-16/h6-12,14,20H,3-5,13H2,1-2H3,(H,22,23). The average molecular weight is 376 g/mol. The molecule has 7 heteroatoms. The second-order valence-electron chi connectivity index (χ2n) is 5.89. The highest BCUT2D eigenvalue weighted by atomic mass is 32.2. The van der Waals surface area contributed by atoms with E-state index in [4.69, 9.17) is 0 Å². The summed E-state index contributed by atoms with van der Waals surface area (Å²) in [5, 5.41) is 9.57. The molecule has 0 atom stereocenters. The fourth-order valence-corrected chi connectivity index (χ4v) is 3.73. The zero-order valence-electron chi connectivity index (χ0n) is 15.0. The van der Waals surface area contributed by atoms with Crippen LogP contribution in [0.4, 0.5) is 11.4 Å². The monoisotopic (exact) mass is 376 g/mol. The zero-order chi connectivity index (χ0) is 19.2. The zero-order valence-corrected chi connectivity index (χ0v) is 15.8. The molecule has 0 aliphatic heterocycles. The first-order chi connectivity index (χ1) is 12.4. The van der Waals surface area contributed by atoms with E-state index in [0.717, 1.165) is 19.4 Å². The maximum absolute atomic E-state index is 12.4. The average Bonchev–Trinajstić information content (AvgIpc) is 2.63. The summed E-state index contributed by atoms with van der Waals surface area (Å²) < 4.78 is 27.3. The molecular formula is C19H24N2O4S. The van der Waals surface area contributed by atoms with Gasteiger partial charge in [0.15, 0.2) is 0 Å². The fourth-order valence-electron chi connectivity index (χ4n) is 2.66. The van der Waals surface area contributed by atoms with E-state index in [1.54, 1.807) is 30.3 Å². The third-order valence-corrected chi connectivity index (χ3v) is 5.43. The fraction of sp³-hybridized carbons (Fsp3) is 0.316. The predicted molar refractivity (Wildman–Crippen MR) is 103 cm³/mol. The lowest BCUT2D eigenvalue weighted by atomic mass is 10.1. The molecule has 0 aromatic heterocycles. The third kappa shape index (κ3) is 4.76. The van der Waals surface area contributed by atoms with E-state index in [-0.39, 0.29) is 16.1 Å². The number of benzene rings is 2. The molecule has 6 nitrogen and oxygen atoms in total. The van der Waals surface area contributed by atoms with Gasteiger partial charge in [0, 0.05) is 18.8 Å². The maximum Gasteiger partial charge on any atom is 0.337 e. The van der Waals surface area contributed by atoms with Crippen LogP contribution in [0.1, 0.15) is 37.0 Å². The van der Waals surface area contributed by atoms with Gasteiger partial charge >= 0.3 is 5.97 Å². The minimum atomic E-state index is -3.77. The molecule has 0 spiro atoms. The number of carboxylic acids is 1. The van der Waals surface area contributed by atoms with Gasteiger partial charge in [0.25, 0.3) is 10.0 Å². The number of carbonyl (C=O) groups is 1. The second-order valence-corrected chi connectivity index (χ2v) is 7.57. The Balaban J connectivity index is 2.35. The first-order valence-corrected chi connectivity index (χ1v) is 10.1. The van der Waals surface area contributed by atoms with Crippen LogP contribution < -0.4 is 9.62 Å². The van der Waals surface area contributed by atoms with Crippen molar-refractivity contribution in [3.63, 3.8) is 0 Å². The van der Waals surface area contributed by atoms with Crippen LogP contribution in [-0.4, -0.2) is 32.6 Å². The van der Waals surface area contributed by atoms with Gasteiger partial charge in [-0.2, -0.15) is 0 Å². The highest BCUT2D eigenvalue weighted by Gasteiger charge is 2.19. The summed E-state index contributed by atoms with van der Waals surface area (Å²) in [6.07, 6.45) is 1.96. The van der Waals surface area contributed by atoms with Crippen LogP contribution in [0.3, 0.4) is 0 Å². The molecule has 0 amide bonds. The topological polar surface area (TPSA) is 86.7 Å². The number of sulfonamides is 1. The summed E-state index contributed by atoms with van der Waals surface area (Å²) in [5.41, 5.74) is 0.897. The molecular weight excluding hydrogens is 352 g/mol. The van der Waals surface area contributed by atoms with Crippen molar-refractivity contribution in [2.24, 2.45) is 0 Å². The number of nitrogens with one attached hydrogen (secondary N) is 1. The van der Waals surface area contributed by atoms with Crippen molar-refractivity contribution in [2.45, 2.75) is 31.6 Å². The molecule has 140 valence electrons. The Morgan fingerprint density at radius 1 is 1.12 bits per heavy atom. The number of rotatable bonds is 9. The molecule has 0 bridgehead atoms. The van der Waals surface area contributed by atoms with Gasteiger partial charge in [0.05, 0.1) is 16.1 Å². The number of anilines is 2. The Morgan fingerprint density at radius 2 is 1.81 bits per heavy atom. The first-order valence-electron chi connectivity index (χ1n) is 8.59. The molecule has 0 fully saturated rings. The summed E-state index contributed by atoms with van der Waals surface area (Å²) in [6.45, 7) is 5.47. The molecule has 2 aromatic carbocycles. The van der Waals surface area contributed by atoms with Crippen LogP contribution in [-0.2, 0) is 10.0 Å². The number of unbranched alkanes of at least 4 members (excludes halogenated alkanes) is 1. The first kappa shape index (κ1) is 19.8. The summed E-state index contributed by atoms with van der Waals surface area (Å²) in [5.74, 6) is -1.09. The van der Waals surface area contributed by atoms with Crippen molar-refractivity contribution < 1.29 is 18.3 Å². The van der Waals surface area contributed by atoms with Gasteiger partial charge < -0.3 is 10.0 Å². The number of nitrogens with zero attached hydrogens (tertiary/aromatic N) is 1. The summed E-state index contributed by atoms with van der Waals surface area (Å²) >= 11 is 0. The molecule has 0 saturated carbocycles. The van der Waals surface area contributed by atoms with Gasteiger partial charge in [-0.05, 0) is 43.7 Å². The Bertz CT molecular complexity index is 851. The van der Waals surface area contributed by atoms with Crippen molar-refractivity contribution in [1.82, 2.24) is 0 Å². The molecule has 2 rings (SSSR count).